The fraction of sp³-hybridized carbons (Fsp3) is 0.667. The van der Waals surface area contributed by atoms with Crippen molar-refractivity contribution in [3.63, 3.8) is 0 Å². The molecular formula is C18H29NO. The summed E-state index contributed by atoms with van der Waals surface area (Å²) in [5.41, 5.74) is 2.96. The first-order chi connectivity index (χ1) is 9.85. The predicted molar refractivity (Wildman–Crippen MR) is 85.4 cm³/mol. The average molecular weight is 275 g/mol. The van der Waals surface area contributed by atoms with Gasteiger partial charge in [-0.1, -0.05) is 39.2 Å². The maximum absolute atomic E-state index is 5.92. The van der Waals surface area contributed by atoms with Crippen LogP contribution in [0.3, 0.4) is 0 Å². The Kier molecular flexibility index (Phi) is 6.38. The average Bonchev–Trinajstić information content (AvgIpc) is 2.48. The molecule has 0 spiro atoms. The van der Waals surface area contributed by atoms with Crippen LogP contribution in [-0.2, 0) is 6.42 Å². The Morgan fingerprint density at radius 3 is 2.90 bits per heavy atom. The van der Waals surface area contributed by atoms with Crippen molar-refractivity contribution in [3.8, 4) is 5.75 Å². The van der Waals surface area contributed by atoms with Gasteiger partial charge in [0.15, 0.2) is 0 Å². The summed E-state index contributed by atoms with van der Waals surface area (Å²) in [7, 11) is 0. The minimum Gasteiger partial charge on any atom is -0.494 e. The third-order valence-corrected chi connectivity index (χ3v) is 4.15. The van der Waals surface area contributed by atoms with Gasteiger partial charge in [0, 0.05) is 6.04 Å². The topological polar surface area (TPSA) is 21.3 Å². The van der Waals surface area contributed by atoms with Crippen LogP contribution in [0.4, 0.5) is 0 Å². The molecule has 0 heterocycles. The third-order valence-electron chi connectivity index (χ3n) is 4.15. The number of benzene rings is 1. The SMILES string of the molecule is CCCCCCOc1ccc2c(c1)C(NCC)CCC2. The van der Waals surface area contributed by atoms with Gasteiger partial charge >= 0.3 is 0 Å². The molecule has 1 unspecified atom stereocenters. The second-order valence-corrected chi connectivity index (χ2v) is 5.77. The summed E-state index contributed by atoms with van der Waals surface area (Å²) in [5, 5.41) is 3.60. The molecule has 2 nitrogen and oxygen atoms in total. The lowest BCUT2D eigenvalue weighted by Crippen LogP contribution is -2.24. The minimum atomic E-state index is 0.521. The predicted octanol–water partition coefficient (Wildman–Crippen LogP) is 4.63. The van der Waals surface area contributed by atoms with Crippen molar-refractivity contribution in [1.29, 1.82) is 0 Å². The molecule has 0 saturated heterocycles. The smallest absolute Gasteiger partial charge is 0.119 e. The van der Waals surface area contributed by atoms with Crippen LogP contribution < -0.4 is 10.1 Å². The van der Waals surface area contributed by atoms with Gasteiger partial charge in [0.2, 0.25) is 0 Å². The first-order valence-corrected chi connectivity index (χ1v) is 8.34. The van der Waals surface area contributed by atoms with Gasteiger partial charge in [-0.25, -0.2) is 0 Å². The van der Waals surface area contributed by atoms with Gasteiger partial charge in [-0.15, -0.1) is 0 Å². The van der Waals surface area contributed by atoms with E-state index in [1.54, 1.807) is 0 Å². The van der Waals surface area contributed by atoms with E-state index in [1.807, 2.05) is 0 Å². The highest BCUT2D eigenvalue weighted by atomic mass is 16.5. The quantitative estimate of drug-likeness (QED) is 0.698. The molecule has 1 aliphatic rings. The lowest BCUT2D eigenvalue weighted by Gasteiger charge is -2.26. The molecule has 2 heteroatoms. The Morgan fingerprint density at radius 2 is 2.10 bits per heavy atom. The fourth-order valence-corrected chi connectivity index (χ4v) is 3.04. The largest absolute Gasteiger partial charge is 0.494 e. The normalized spacial score (nSPS) is 17.8. The Morgan fingerprint density at radius 1 is 1.20 bits per heavy atom. The second kappa shape index (κ2) is 8.31. The standard InChI is InChI=1S/C18H29NO/c1-3-5-6-7-13-20-16-12-11-15-9-8-10-18(19-4-2)17(15)14-16/h11-12,14,18-19H,3-10,13H2,1-2H3. The number of hydrogen-bond donors (Lipinski definition) is 1. The number of aryl methyl sites for hydroxylation is 1. The molecule has 0 aliphatic heterocycles. The first kappa shape index (κ1) is 15.4. The number of hydrogen-bond acceptors (Lipinski definition) is 2. The number of unbranched alkanes of at least 4 members (excludes halogenated alkanes) is 3. The van der Waals surface area contributed by atoms with Gasteiger partial charge in [-0.3, -0.25) is 0 Å². The van der Waals surface area contributed by atoms with Crippen LogP contribution in [-0.4, -0.2) is 13.2 Å². The van der Waals surface area contributed by atoms with Crippen LogP contribution in [0.15, 0.2) is 18.2 Å². The highest BCUT2D eigenvalue weighted by molar-refractivity contribution is 5.39. The Balaban J connectivity index is 1.93. The van der Waals surface area contributed by atoms with Gasteiger partial charge in [0.1, 0.15) is 5.75 Å². The number of fused-ring (bicyclic) bond motifs is 1. The van der Waals surface area contributed by atoms with Crippen LogP contribution >= 0.6 is 0 Å². The molecule has 0 saturated carbocycles. The molecule has 1 aromatic carbocycles. The summed E-state index contributed by atoms with van der Waals surface area (Å²) < 4.78 is 5.92. The van der Waals surface area contributed by atoms with E-state index in [2.05, 4.69) is 37.4 Å². The fourth-order valence-electron chi connectivity index (χ4n) is 3.04. The zero-order valence-electron chi connectivity index (χ0n) is 13.1. The summed E-state index contributed by atoms with van der Waals surface area (Å²) in [6, 6.07) is 7.20. The molecule has 1 aromatic rings. The van der Waals surface area contributed by atoms with Crippen LogP contribution in [0.1, 0.15) is 69.5 Å². The van der Waals surface area contributed by atoms with E-state index in [0.29, 0.717) is 6.04 Å². The van der Waals surface area contributed by atoms with Crippen molar-refractivity contribution in [2.75, 3.05) is 13.2 Å². The van der Waals surface area contributed by atoms with Gasteiger partial charge < -0.3 is 10.1 Å². The molecule has 0 fully saturated rings. The number of rotatable bonds is 8. The van der Waals surface area contributed by atoms with Crippen molar-refractivity contribution in [2.24, 2.45) is 0 Å². The van der Waals surface area contributed by atoms with E-state index >= 15 is 0 Å². The maximum Gasteiger partial charge on any atom is 0.119 e. The molecular weight excluding hydrogens is 246 g/mol. The molecule has 0 bridgehead atoms. The van der Waals surface area contributed by atoms with Crippen molar-refractivity contribution in [3.05, 3.63) is 29.3 Å². The molecule has 1 atom stereocenters. The highest BCUT2D eigenvalue weighted by Crippen LogP contribution is 2.32. The van der Waals surface area contributed by atoms with Gasteiger partial charge in [-0.2, -0.15) is 0 Å². The van der Waals surface area contributed by atoms with E-state index in [-0.39, 0.29) is 0 Å². The Hall–Kier alpha value is -1.02. The number of ether oxygens (including phenoxy) is 1. The molecule has 0 radical (unpaired) electrons. The number of nitrogens with one attached hydrogen (secondary N) is 1. The van der Waals surface area contributed by atoms with Crippen molar-refractivity contribution in [1.82, 2.24) is 5.32 Å². The monoisotopic (exact) mass is 275 g/mol. The molecule has 0 aromatic heterocycles. The van der Waals surface area contributed by atoms with Crippen molar-refractivity contribution >= 4 is 0 Å². The minimum absolute atomic E-state index is 0.521. The van der Waals surface area contributed by atoms with E-state index in [1.165, 1.54) is 56.1 Å². The van der Waals surface area contributed by atoms with Gasteiger partial charge in [0.05, 0.1) is 6.61 Å². The second-order valence-electron chi connectivity index (χ2n) is 5.77. The molecule has 0 amide bonds. The molecule has 1 aliphatic carbocycles. The van der Waals surface area contributed by atoms with E-state index in [0.717, 1.165) is 18.9 Å². The van der Waals surface area contributed by atoms with Crippen LogP contribution in [0.5, 0.6) is 5.75 Å². The summed E-state index contributed by atoms with van der Waals surface area (Å²) in [6.07, 6.45) is 8.80. The zero-order valence-corrected chi connectivity index (χ0v) is 13.1. The summed E-state index contributed by atoms with van der Waals surface area (Å²) in [5.74, 6) is 1.05. The first-order valence-electron chi connectivity index (χ1n) is 8.34. The highest BCUT2D eigenvalue weighted by Gasteiger charge is 2.19. The Labute approximate surface area is 123 Å². The lowest BCUT2D eigenvalue weighted by atomic mass is 9.87. The van der Waals surface area contributed by atoms with Crippen LogP contribution in [0, 0.1) is 0 Å². The summed E-state index contributed by atoms with van der Waals surface area (Å²) in [6.45, 7) is 6.31. The summed E-state index contributed by atoms with van der Waals surface area (Å²) in [4.78, 5) is 0. The van der Waals surface area contributed by atoms with Gasteiger partial charge in [0.25, 0.3) is 0 Å². The van der Waals surface area contributed by atoms with Crippen molar-refractivity contribution in [2.45, 2.75) is 64.8 Å². The molecule has 1 N–H and O–H groups in total. The lowest BCUT2D eigenvalue weighted by molar-refractivity contribution is 0.304. The molecule has 112 valence electrons. The third kappa shape index (κ3) is 4.24. The van der Waals surface area contributed by atoms with Crippen LogP contribution in [0.2, 0.25) is 0 Å². The van der Waals surface area contributed by atoms with E-state index in [4.69, 9.17) is 4.74 Å². The van der Waals surface area contributed by atoms with Gasteiger partial charge in [-0.05, 0) is 55.5 Å². The van der Waals surface area contributed by atoms with E-state index in [9.17, 15) is 0 Å². The van der Waals surface area contributed by atoms with Crippen LogP contribution in [0.25, 0.3) is 0 Å². The maximum atomic E-state index is 5.92. The zero-order chi connectivity index (χ0) is 14.2. The molecule has 20 heavy (non-hydrogen) atoms. The van der Waals surface area contributed by atoms with Crippen molar-refractivity contribution < 1.29 is 4.74 Å². The van der Waals surface area contributed by atoms with E-state index < -0.39 is 0 Å². The molecule has 2 rings (SSSR count). The summed E-state index contributed by atoms with van der Waals surface area (Å²) >= 11 is 0. The Bertz CT molecular complexity index is 402.